The third-order valence-corrected chi connectivity index (χ3v) is 4.16. The van der Waals surface area contributed by atoms with E-state index in [4.69, 9.17) is 10.8 Å². The number of amides is 1. The maximum Gasteiger partial charge on any atom is 0.327 e. The van der Waals surface area contributed by atoms with Crippen LogP contribution in [0.2, 0.25) is 0 Å². The van der Waals surface area contributed by atoms with Crippen molar-refractivity contribution in [2.45, 2.75) is 31.7 Å². The molecule has 1 amide bonds. The van der Waals surface area contributed by atoms with Crippen molar-refractivity contribution in [1.82, 2.24) is 4.90 Å². The Morgan fingerprint density at radius 2 is 2.19 bits per heavy atom. The number of rotatable bonds is 4. The van der Waals surface area contributed by atoms with Gasteiger partial charge in [-0.3, -0.25) is 4.79 Å². The molecule has 0 aromatic carbocycles. The summed E-state index contributed by atoms with van der Waals surface area (Å²) >= 11 is 1.53. The molecule has 2 atom stereocenters. The van der Waals surface area contributed by atoms with Crippen molar-refractivity contribution in [3.05, 3.63) is 0 Å². The number of nitrogens with two attached hydrogens (primary N) is 1. The van der Waals surface area contributed by atoms with Gasteiger partial charge in [-0.05, 0) is 5.92 Å². The average molecular weight is 246 g/mol. The number of carbonyl (C=O) groups excluding carboxylic acids is 1. The van der Waals surface area contributed by atoms with Crippen LogP contribution in [0.5, 0.6) is 0 Å². The Labute approximate surface area is 99.4 Å². The standard InChI is InChI=1S/C10H18N2O3S/c1-6(2)9-12(8(13)3-4-11)7(5-16-9)10(14)15/h6-7,9H,3-5,11H2,1-2H3,(H,14,15). The molecular formula is C10H18N2O3S. The summed E-state index contributed by atoms with van der Waals surface area (Å²) in [5.41, 5.74) is 5.34. The molecule has 1 aliphatic rings. The number of carboxylic acid groups (broad SMARTS) is 1. The summed E-state index contributed by atoms with van der Waals surface area (Å²) in [7, 11) is 0. The maximum absolute atomic E-state index is 11.8. The minimum atomic E-state index is -0.930. The Morgan fingerprint density at radius 3 is 2.62 bits per heavy atom. The van der Waals surface area contributed by atoms with E-state index in [-0.39, 0.29) is 30.2 Å². The molecule has 1 rings (SSSR count). The molecular weight excluding hydrogens is 228 g/mol. The summed E-state index contributed by atoms with van der Waals surface area (Å²) < 4.78 is 0. The molecule has 92 valence electrons. The number of thioether (sulfide) groups is 1. The first-order valence-electron chi connectivity index (χ1n) is 5.34. The predicted molar refractivity (Wildman–Crippen MR) is 63.0 cm³/mol. The minimum absolute atomic E-state index is 0.0415. The predicted octanol–water partition coefficient (Wildman–Crippen LogP) is 0.346. The van der Waals surface area contributed by atoms with Crippen LogP contribution in [0.1, 0.15) is 20.3 Å². The second kappa shape index (κ2) is 5.54. The highest BCUT2D eigenvalue weighted by Gasteiger charge is 2.42. The van der Waals surface area contributed by atoms with Crippen molar-refractivity contribution in [3.63, 3.8) is 0 Å². The van der Waals surface area contributed by atoms with Gasteiger partial charge in [0, 0.05) is 18.7 Å². The van der Waals surface area contributed by atoms with Crippen molar-refractivity contribution in [1.29, 1.82) is 0 Å². The normalized spacial score (nSPS) is 25.1. The topological polar surface area (TPSA) is 83.6 Å². The maximum atomic E-state index is 11.8. The second-order valence-corrected chi connectivity index (χ2v) is 5.31. The Balaban J connectivity index is 2.84. The van der Waals surface area contributed by atoms with Crippen molar-refractivity contribution < 1.29 is 14.7 Å². The zero-order valence-corrected chi connectivity index (χ0v) is 10.4. The van der Waals surface area contributed by atoms with Crippen LogP contribution in [0, 0.1) is 5.92 Å². The van der Waals surface area contributed by atoms with Crippen molar-refractivity contribution in [2.24, 2.45) is 11.7 Å². The molecule has 0 saturated carbocycles. The van der Waals surface area contributed by atoms with E-state index in [2.05, 4.69) is 0 Å². The molecule has 0 bridgehead atoms. The van der Waals surface area contributed by atoms with E-state index < -0.39 is 12.0 Å². The zero-order chi connectivity index (χ0) is 12.3. The number of aliphatic carboxylic acids is 1. The highest BCUT2D eigenvalue weighted by atomic mass is 32.2. The van der Waals surface area contributed by atoms with E-state index in [9.17, 15) is 9.59 Å². The van der Waals surface area contributed by atoms with Crippen LogP contribution in [0.25, 0.3) is 0 Å². The van der Waals surface area contributed by atoms with Crippen LogP contribution in [0.4, 0.5) is 0 Å². The van der Waals surface area contributed by atoms with Gasteiger partial charge in [0.1, 0.15) is 6.04 Å². The molecule has 6 heteroatoms. The molecule has 0 aliphatic carbocycles. The molecule has 0 radical (unpaired) electrons. The van der Waals surface area contributed by atoms with Crippen molar-refractivity contribution in [2.75, 3.05) is 12.3 Å². The Hall–Kier alpha value is -0.750. The highest BCUT2D eigenvalue weighted by Crippen LogP contribution is 2.34. The number of carbonyl (C=O) groups is 2. The summed E-state index contributed by atoms with van der Waals surface area (Å²) in [5.74, 6) is -0.371. The van der Waals surface area contributed by atoms with E-state index >= 15 is 0 Å². The number of carboxylic acids is 1. The minimum Gasteiger partial charge on any atom is -0.480 e. The first kappa shape index (κ1) is 13.3. The van der Waals surface area contributed by atoms with Crippen LogP contribution < -0.4 is 5.73 Å². The lowest BCUT2D eigenvalue weighted by atomic mass is 10.1. The van der Waals surface area contributed by atoms with E-state index in [1.807, 2.05) is 13.8 Å². The number of hydrogen-bond donors (Lipinski definition) is 2. The summed E-state index contributed by atoms with van der Waals surface area (Å²) in [5, 5.41) is 9.02. The fourth-order valence-corrected chi connectivity index (χ4v) is 3.29. The lowest BCUT2D eigenvalue weighted by Gasteiger charge is -2.29. The molecule has 0 aromatic rings. The summed E-state index contributed by atoms with van der Waals surface area (Å²) in [6, 6.07) is -0.698. The molecule has 5 nitrogen and oxygen atoms in total. The zero-order valence-electron chi connectivity index (χ0n) is 9.55. The Bertz CT molecular complexity index is 283. The third-order valence-electron chi connectivity index (χ3n) is 2.54. The number of nitrogens with zero attached hydrogens (tertiary/aromatic N) is 1. The van der Waals surface area contributed by atoms with Crippen LogP contribution >= 0.6 is 11.8 Å². The van der Waals surface area contributed by atoms with E-state index in [1.165, 1.54) is 16.7 Å². The first-order valence-corrected chi connectivity index (χ1v) is 6.39. The fraction of sp³-hybridized carbons (Fsp3) is 0.800. The van der Waals surface area contributed by atoms with Crippen LogP contribution in [0.3, 0.4) is 0 Å². The second-order valence-electron chi connectivity index (χ2n) is 4.16. The van der Waals surface area contributed by atoms with E-state index in [1.54, 1.807) is 0 Å². The van der Waals surface area contributed by atoms with Crippen LogP contribution in [-0.2, 0) is 9.59 Å². The Kier molecular flexibility index (Phi) is 4.61. The van der Waals surface area contributed by atoms with Gasteiger partial charge in [0.25, 0.3) is 0 Å². The highest BCUT2D eigenvalue weighted by molar-refractivity contribution is 8.00. The van der Waals surface area contributed by atoms with Gasteiger partial charge in [-0.2, -0.15) is 0 Å². The largest absolute Gasteiger partial charge is 0.480 e. The first-order chi connectivity index (χ1) is 7.49. The van der Waals surface area contributed by atoms with Crippen LogP contribution in [-0.4, -0.2) is 45.6 Å². The summed E-state index contributed by atoms with van der Waals surface area (Å²) in [4.78, 5) is 24.4. The van der Waals surface area contributed by atoms with Gasteiger partial charge in [0.2, 0.25) is 5.91 Å². The molecule has 1 saturated heterocycles. The van der Waals surface area contributed by atoms with Gasteiger partial charge in [0.05, 0.1) is 5.37 Å². The lowest BCUT2D eigenvalue weighted by Crippen LogP contribution is -2.47. The Morgan fingerprint density at radius 1 is 1.56 bits per heavy atom. The third kappa shape index (κ3) is 2.68. The van der Waals surface area contributed by atoms with Gasteiger partial charge in [-0.15, -0.1) is 11.8 Å². The molecule has 16 heavy (non-hydrogen) atoms. The van der Waals surface area contributed by atoms with Gasteiger partial charge in [0.15, 0.2) is 0 Å². The molecule has 2 unspecified atom stereocenters. The van der Waals surface area contributed by atoms with Gasteiger partial charge < -0.3 is 15.7 Å². The van der Waals surface area contributed by atoms with Gasteiger partial charge >= 0.3 is 5.97 Å². The molecule has 0 aromatic heterocycles. The van der Waals surface area contributed by atoms with E-state index in [0.717, 1.165) is 0 Å². The quantitative estimate of drug-likeness (QED) is 0.747. The molecule has 3 N–H and O–H groups in total. The lowest BCUT2D eigenvalue weighted by molar-refractivity contribution is -0.149. The fourth-order valence-electron chi connectivity index (χ4n) is 1.80. The number of hydrogen-bond acceptors (Lipinski definition) is 4. The van der Waals surface area contributed by atoms with Gasteiger partial charge in [-0.1, -0.05) is 13.8 Å². The molecule has 1 heterocycles. The smallest absolute Gasteiger partial charge is 0.327 e. The monoisotopic (exact) mass is 246 g/mol. The van der Waals surface area contributed by atoms with Crippen molar-refractivity contribution >= 4 is 23.6 Å². The summed E-state index contributed by atoms with van der Waals surface area (Å²) in [6.45, 7) is 4.24. The van der Waals surface area contributed by atoms with Gasteiger partial charge in [-0.25, -0.2) is 4.79 Å². The average Bonchev–Trinajstić information content (AvgIpc) is 2.61. The SMILES string of the molecule is CC(C)C1SCC(C(=O)O)N1C(=O)CCN. The molecule has 1 fully saturated rings. The molecule has 0 spiro atoms. The molecule has 1 aliphatic heterocycles. The van der Waals surface area contributed by atoms with Crippen molar-refractivity contribution in [3.8, 4) is 0 Å². The van der Waals surface area contributed by atoms with E-state index in [0.29, 0.717) is 5.75 Å². The van der Waals surface area contributed by atoms with Crippen LogP contribution in [0.15, 0.2) is 0 Å². The summed E-state index contributed by atoms with van der Waals surface area (Å²) in [6.07, 6.45) is 0.216.